The van der Waals surface area contributed by atoms with Crippen molar-refractivity contribution in [2.75, 3.05) is 0 Å². The van der Waals surface area contributed by atoms with Crippen molar-refractivity contribution in [3.05, 3.63) is 9.47 Å². The molecule has 0 saturated carbocycles. The quantitative estimate of drug-likeness (QED) is 0.645. The van der Waals surface area contributed by atoms with Crippen molar-refractivity contribution < 1.29 is 0 Å². The van der Waals surface area contributed by atoms with Crippen LogP contribution in [0.2, 0.25) is 0 Å². The van der Waals surface area contributed by atoms with Crippen LogP contribution in [0.4, 0.5) is 0 Å². The maximum Gasteiger partial charge on any atom is 0.00452 e. The molecular weight excluding hydrogens is 220 g/mol. The van der Waals surface area contributed by atoms with Gasteiger partial charge in [0.1, 0.15) is 0 Å². The van der Waals surface area contributed by atoms with Gasteiger partial charge in [0.25, 0.3) is 0 Å². The zero-order chi connectivity index (χ0) is 5.86. The molecule has 0 radical (unpaired) electrons. The van der Waals surface area contributed by atoms with Gasteiger partial charge in [0.2, 0.25) is 0 Å². The maximum absolute atomic E-state index is 3.36. The number of hydrogen-bond acceptors (Lipinski definition) is 0. The third-order valence-corrected chi connectivity index (χ3v) is 2.91. The SMILES string of the molecule is CC(C)/C(Br)=C\Br. The van der Waals surface area contributed by atoms with Gasteiger partial charge in [0.15, 0.2) is 0 Å². The molecule has 0 N–H and O–H groups in total. The van der Waals surface area contributed by atoms with Crippen LogP contribution in [0.1, 0.15) is 13.8 Å². The summed E-state index contributed by atoms with van der Waals surface area (Å²) in [4.78, 5) is 1.89. The van der Waals surface area contributed by atoms with E-state index in [4.69, 9.17) is 0 Å². The standard InChI is InChI=1S/C5H8Br2/c1-4(2)5(7)3-6/h3-4H,1-2H3/b5-3+. The lowest BCUT2D eigenvalue weighted by molar-refractivity contribution is 0.823. The van der Waals surface area contributed by atoms with Crippen molar-refractivity contribution in [2.45, 2.75) is 13.8 Å². The highest BCUT2D eigenvalue weighted by molar-refractivity contribution is 9.14. The average molecular weight is 228 g/mol. The van der Waals surface area contributed by atoms with Gasteiger partial charge in [-0.15, -0.1) is 0 Å². The van der Waals surface area contributed by atoms with Crippen molar-refractivity contribution in [3.63, 3.8) is 0 Å². The van der Waals surface area contributed by atoms with Gasteiger partial charge in [0.05, 0.1) is 0 Å². The Hall–Kier alpha value is 0.700. The second-order valence-electron chi connectivity index (χ2n) is 1.65. The molecular formula is C5H8Br2. The largest absolute Gasteiger partial charge is 0.0586 e. The van der Waals surface area contributed by atoms with Gasteiger partial charge in [-0.2, -0.15) is 0 Å². The first-order chi connectivity index (χ1) is 3.18. The van der Waals surface area contributed by atoms with E-state index in [1.807, 2.05) is 4.99 Å². The minimum Gasteiger partial charge on any atom is -0.0586 e. The van der Waals surface area contributed by atoms with E-state index < -0.39 is 0 Å². The average Bonchev–Trinajstić information content (AvgIpc) is 1.65. The Morgan fingerprint density at radius 3 is 2.00 bits per heavy atom. The van der Waals surface area contributed by atoms with Gasteiger partial charge < -0.3 is 0 Å². The zero-order valence-electron chi connectivity index (χ0n) is 4.41. The van der Waals surface area contributed by atoms with Crippen molar-refractivity contribution >= 4 is 31.9 Å². The molecule has 0 aromatic carbocycles. The number of hydrogen-bond donors (Lipinski definition) is 0. The molecule has 0 aliphatic rings. The Kier molecular flexibility index (Phi) is 4.04. The first kappa shape index (κ1) is 7.70. The summed E-state index contributed by atoms with van der Waals surface area (Å²) in [6.45, 7) is 4.25. The Balaban J connectivity index is 3.56. The molecule has 0 aromatic heterocycles. The van der Waals surface area contributed by atoms with E-state index in [1.54, 1.807) is 0 Å². The summed E-state index contributed by atoms with van der Waals surface area (Å²) in [5, 5.41) is 0. The first-order valence-electron chi connectivity index (χ1n) is 2.14. The van der Waals surface area contributed by atoms with Gasteiger partial charge in [0, 0.05) is 4.48 Å². The lowest BCUT2D eigenvalue weighted by Crippen LogP contribution is -1.81. The molecule has 0 fully saturated rings. The van der Waals surface area contributed by atoms with Crippen LogP contribution in [0, 0.1) is 5.92 Å². The summed E-state index contributed by atoms with van der Waals surface area (Å²) in [6.07, 6.45) is 0. The summed E-state index contributed by atoms with van der Waals surface area (Å²) in [5.41, 5.74) is 0. The molecule has 0 bridgehead atoms. The molecule has 2 heteroatoms. The van der Waals surface area contributed by atoms with Gasteiger partial charge in [-0.25, -0.2) is 0 Å². The molecule has 7 heavy (non-hydrogen) atoms. The fourth-order valence-corrected chi connectivity index (χ4v) is 0.655. The first-order valence-corrected chi connectivity index (χ1v) is 3.85. The molecule has 0 unspecified atom stereocenters. The molecule has 0 spiro atoms. The molecule has 0 heterocycles. The van der Waals surface area contributed by atoms with E-state index in [9.17, 15) is 0 Å². The molecule has 0 saturated heterocycles. The van der Waals surface area contributed by atoms with Gasteiger partial charge in [-0.1, -0.05) is 45.7 Å². The van der Waals surface area contributed by atoms with Crippen LogP contribution in [0.3, 0.4) is 0 Å². The van der Waals surface area contributed by atoms with Crippen LogP contribution in [-0.4, -0.2) is 0 Å². The highest BCUT2D eigenvalue weighted by Gasteiger charge is 1.93. The normalized spacial score (nSPS) is 13.0. The van der Waals surface area contributed by atoms with Crippen LogP contribution >= 0.6 is 31.9 Å². The lowest BCUT2D eigenvalue weighted by atomic mass is 10.2. The van der Waals surface area contributed by atoms with Crippen LogP contribution in [0.15, 0.2) is 9.47 Å². The maximum atomic E-state index is 3.36. The van der Waals surface area contributed by atoms with Crippen LogP contribution in [0.5, 0.6) is 0 Å². The minimum absolute atomic E-state index is 0.597. The smallest absolute Gasteiger partial charge is 0.00452 e. The van der Waals surface area contributed by atoms with Crippen molar-refractivity contribution in [1.82, 2.24) is 0 Å². The molecule has 0 amide bonds. The molecule has 0 aromatic rings. The predicted octanol–water partition coefficient (Wildman–Crippen LogP) is 3.27. The Bertz CT molecular complexity index is 74.1. The monoisotopic (exact) mass is 226 g/mol. The minimum atomic E-state index is 0.597. The van der Waals surface area contributed by atoms with E-state index in [2.05, 4.69) is 45.7 Å². The number of halogens is 2. The highest BCUT2D eigenvalue weighted by atomic mass is 79.9. The zero-order valence-corrected chi connectivity index (χ0v) is 7.58. The summed E-state index contributed by atoms with van der Waals surface area (Å²) in [6, 6.07) is 0. The van der Waals surface area contributed by atoms with Crippen molar-refractivity contribution in [3.8, 4) is 0 Å². The summed E-state index contributed by atoms with van der Waals surface area (Å²) in [5.74, 6) is 0.597. The second-order valence-corrected chi connectivity index (χ2v) is 3.02. The third-order valence-electron chi connectivity index (χ3n) is 0.656. The third kappa shape index (κ3) is 3.30. The Morgan fingerprint density at radius 1 is 1.57 bits per heavy atom. The van der Waals surface area contributed by atoms with E-state index in [0.717, 1.165) is 0 Å². The van der Waals surface area contributed by atoms with Crippen molar-refractivity contribution in [2.24, 2.45) is 5.92 Å². The molecule has 42 valence electrons. The summed E-state index contributed by atoms with van der Waals surface area (Å²) >= 11 is 6.56. The molecule has 0 nitrogen and oxygen atoms in total. The topological polar surface area (TPSA) is 0 Å². The van der Waals surface area contributed by atoms with Gasteiger partial charge in [-0.3, -0.25) is 0 Å². The fourth-order valence-electron chi connectivity index (χ4n) is 0.126. The van der Waals surface area contributed by atoms with E-state index in [-0.39, 0.29) is 0 Å². The number of rotatable bonds is 1. The molecule has 0 aliphatic carbocycles. The molecule has 0 rings (SSSR count). The van der Waals surface area contributed by atoms with Crippen LogP contribution in [0.25, 0.3) is 0 Å². The Morgan fingerprint density at radius 2 is 2.00 bits per heavy atom. The van der Waals surface area contributed by atoms with E-state index in [0.29, 0.717) is 5.92 Å². The molecule has 0 aliphatic heterocycles. The van der Waals surface area contributed by atoms with E-state index in [1.165, 1.54) is 4.48 Å². The predicted molar refractivity (Wildman–Crippen MR) is 40.8 cm³/mol. The van der Waals surface area contributed by atoms with Crippen molar-refractivity contribution in [1.29, 1.82) is 0 Å². The van der Waals surface area contributed by atoms with Gasteiger partial charge >= 0.3 is 0 Å². The van der Waals surface area contributed by atoms with Crippen LogP contribution in [-0.2, 0) is 0 Å². The van der Waals surface area contributed by atoms with E-state index >= 15 is 0 Å². The fraction of sp³-hybridized carbons (Fsp3) is 0.600. The lowest BCUT2D eigenvalue weighted by Gasteiger charge is -1.97. The second kappa shape index (κ2) is 3.67. The Labute approximate surface area is 61.2 Å². The van der Waals surface area contributed by atoms with Gasteiger partial charge in [-0.05, 0) is 10.9 Å². The van der Waals surface area contributed by atoms with Crippen LogP contribution < -0.4 is 0 Å². The highest BCUT2D eigenvalue weighted by Crippen LogP contribution is 2.17. The molecule has 0 atom stereocenters. The number of allylic oxidation sites excluding steroid dienone is 1. The summed E-state index contributed by atoms with van der Waals surface area (Å²) in [7, 11) is 0. The summed E-state index contributed by atoms with van der Waals surface area (Å²) < 4.78 is 1.20.